The number of carbonyl (C=O) groups is 1. The van der Waals surface area contributed by atoms with Gasteiger partial charge in [-0.2, -0.15) is 0 Å². The van der Waals surface area contributed by atoms with Gasteiger partial charge in [0.15, 0.2) is 0 Å². The maximum atomic E-state index is 12.3. The van der Waals surface area contributed by atoms with Gasteiger partial charge in [0, 0.05) is 18.4 Å². The van der Waals surface area contributed by atoms with Crippen LogP contribution in [0.2, 0.25) is 5.02 Å². The lowest BCUT2D eigenvalue weighted by atomic mass is 9.95. The fourth-order valence-electron chi connectivity index (χ4n) is 2.23. The molecule has 1 aromatic heterocycles. The predicted molar refractivity (Wildman–Crippen MR) is 76.4 cm³/mol. The molecule has 1 unspecified atom stereocenters. The van der Waals surface area contributed by atoms with Crippen LogP contribution in [0.1, 0.15) is 28.9 Å². The van der Waals surface area contributed by atoms with E-state index in [1.807, 2.05) is 10.3 Å². The average molecular weight is 337 g/mol. The van der Waals surface area contributed by atoms with Gasteiger partial charge < -0.3 is 4.90 Å². The molecule has 94 valence electrons. The van der Waals surface area contributed by atoms with E-state index in [1.54, 1.807) is 6.07 Å². The van der Waals surface area contributed by atoms with E-state index in [4.69, 9.17) is 11.6 Å². The van der Waals surface area contributed by atoms with Gasteiger partial charge in [0.1, 0.15) is 4.88 Å². The largest absolute Gasteiger partial charge is 0.338 e. The molecule has 2 heterocycles. The number of piperidine rings is 1. The number of hydrogen-bond donors (Lipinski definition) is 0. The molecule has 0 spiro atoms. The quantitative estimate of drug-likeness (QED) is 0.763. The Kier molecular flexibility index (Phi) is 4.88. The van der Waals surface area contributed by atoms with Crippen molar-refractivity contribution in [2.45, 2.75) is 19.3 Å². The standard InChI is InChI=1S/C12H15BrClNOS/c13-5-3-9-2-1-6-15(8-9)12(16)11-10(14)4-7-17-11/h4,7,9H,1-3,5-6,8H2. The van der Waals surface area contributed by atoms with Gasteiger partial charge >= 0.3 is 0 Å². The molecule has 1 amide bonds. The number of amides is 1. The Bertz CT molecular complexity index is 394. The van der Waals surface area contributed by atoms with E-state index in [0.29, 0.717) is 15.8 Å². The van der Waals surface area contributed by atoms with Crippen LogP contribution in [0.25, 0.3) is 0 Å². The summed E-state index contributed by atoms with van der Waals surface area (Å²) in [5, 5.41) is 3.47. The van der Waals surface area contributed by atoms with Crippen molar-refractivity contribution in [2.24, 2.45) is 5.92 Å². The zero-order chi connectivity index (χ0) is 12.3. The molecule has 0 saturated carbocycles. The van der Waals surface area contributed by atoms with Crippen LogP contribution in [0.15, 0.2) is 11.4 Å². The molecule has 2 nitrogen and oxygen atoms in total. The number of rotatable bonds is 3. The SMILES string of the molecule is O=C(c1sccc1Cl)N1CCCC(CCBr)C1. The fraction of sp³-hybridized carbons (Fsp3) is 0.583. The van der Waals surface area contributed by atoms with Crippen LogP contribution >= 0.6 is 38.9 Å². The third kappa shape index (κ3) is 3.24. The molecular weight excluding hydrogens is 322 g/mol. The van der Waals surface area contributed by atoms with Crippen molar-refractivity contribution in [3.8, 4) is 0 Å². The lowest BCUT2D eigenvalue weighted by Gasteiger charge is -2.32. The summed E-state index contributed by atoms with van der Waals surface area (Å²) in [6.07, 6.45) is 3.47. The molecule has 0 N–H and O–H groups in total. The fourth-order valence-corrected chi connectivity index (χ4v) is 3.98. The number of halogens is 2. The summed E-state index contributed by atoms with van der Waals surface area (Å²) in [5.41, 5.74) is 0. The molecular formula is C12H15BrClNOS. The number of nitrogens with zero attached hydrogens (tertiary/aromatic N) is 1. The first kappa shape index (κ1) is 13.4. The molecule has 17 heavy (non-hydrogen) atoms. The molecule has 2 rings (SSSR count). The first-order valence-corrected chi connectivity index (χ1v) is 8.18. The van der Waals surface area contributed by atoms with E-state index in [9.17, 15) is 4.79 Å². The molecule has 1 atom stereocenters. The maximum Gasteiger partial charge on any atom is 0.265 e. The number of thiophene rings is 1. The van der Waals surface area contributed by atoms with Crippen molar-refractivity contribution in [2.75, 3.05) is 18.4 Å². The summed E-state index contributed by atoms with van der Waals surface area (Å²) >= 11 is 10.9. The molecule has 0 radical (unpaired) electrons. The van der Waals surface area contributed by atoms with Crippen LogP contribution < -0.4 is 0 Å². The van der Waals surface area contributed by atoms with Crippen LogP contribution in [-0.4, -0.2) is 29.2 Å². The van der Waals surface area contributed by atoms with Crippen molar-refractivity contribution in [3.63, 3.8) is 0 Å². The molecule has 1 aromatic rings. The highest BCUT2D eigenvalue weighted by Gasteiger charge is 2.25. The molecule has 1 saturated heterocycles. The number of likely N-dealkylation sites (tertiary alicyclic amines) is 1. The number of hydrogen-bond acceptors (Lipinski definition) is 2. The average Bonchev–Trinajstić information content (AvgIpc) is 2.75. The molecule has 1 aliphatic heterocycles. The summed E-state index contributed by atoms with van der Waals surface area (Å²) in [4.78, 5) is 14.9. The van der Waals surface area contributed by atoms with E-state index in [0.717, 1.165) is 31.3 Å². The summed E-state index contributed by atoms with van der Waals surface area (Å²) in [6, 6.07) is 1.79. The van der Waals surface area contributed by atoms with Gasteiger partial charge in [-0.15, -0.1) is 11.3 Å². The van der Waals surface area contributed by atoms with Gasteiger partial charge in [-0.05, 0) is 36.6 Å². The summed E-state index contributed by atoms with van der Waals surface area (Å²) in [5.74, 6) is 0.732. The van der Waals surface area contributed by atoms with E-state index in [2.05, 4.69) is 15.9 Å². The molecule has 0 aromatic carbocycles. The third-order valence-electron chi connectivity index (χ3n) is 3.13. The van der Waals surface area contributed by atoms with Gasteiger partial charge in [0.2, 0.25) is 0 Å². The Morgan fingerprint density at radius 3 is 3.12 bits per heavy atom. The Labute approximate surface area is 119 Å². The minimum atomic E-state index is 0.101. The topological polar surface area (TPSA) is 20.3 Å². The van der Waals surface area contributed by atoms with Gasteiger partial charge in [0.25, 0.3) is 5.91 Å². The summed E-state index contributed by atoms with van der Waals surface area (Å²) in [6.45, 7) is 1.74. The van der Waals surface area contributed by atoms with E-state index < -0.39 is 0 Å². The van der Waals surface area contributed by atoms with Crippen molar-refractivity contribution < 1.29 is 4.79 Å². The molecule has 5 heteroatoms. The normalized spacial score (nSPS) is 20.6. The third-order valence-corrected chi connectivity index (χ3v) is 4.92. The predicted octanol–water partition coefficient (Wildman–Crippen LogP) is 4.04. The lowest BCUT2D eigenvalue weighted by Crippen LogP contribution is -2.39. The van der Waals surface area contributed by atoms with Crippen LogP contribution in [0.4, 0.5) is 0 Å². The van der Waals surface area contributed by atoms with Crippen LogP contribution in [0.3, 0.4) is 0 Å². The number of alkyl halides is 1. The Morgan fingerprint density at radius 2 is 2.47 bits per heavy atom. The second-order valence-electron chi connectivity index (χ2n) is 4.33. The van der Waals surface area contributed by atoms with Crippen LogP contribution in [0.5, 0.6) is 0 Å². The van der Waals surface area contributed by atoms with Gasteiger partial charge in [-0.25, -0.2) is 0 Å². The van der Waals surface area contributed by atoms with Gasteiger partial charge in [0.05, 0.1) is 5.02 Å². The van der Waals surface area contributed by atoms with Crippen molar-refractivity contribution in [1.82, 2.24) is 4.90 Å². The molecule has 1 aliphatic rings. The molecule has 0 bridgehead atoms. The Balaban J connectivity index is 2.02. The summed E-state index contributed by atoms with van der Waals surface area (Å²) in [7, 11) is 0. The molecule has 0 aliphatic carbocycles. The smallest absolute Gasteiger partial charge is 0.265 e. The van der Waals surface area contributed by atoms with Crippen LogP contribution in [0, 0.1) is 5.92 Å². The van der Waals surface area contributed by atoms with Gasteiger partial charge in [-0.1, -0.05) is 27.5 Å². The molecule has 1 fully saturated rings. The zero-order valence-electron chi connectivity index (χ0n) is 9.49. The zero-order valence-corrected chi connectivity index (χ0v) is 12.7. The van der Waals surface area contributed by atoms with Crippen molar-refractivity contribution in [3.05, 3.63) is 21.3 Å². The highest BCUT2D eigenvalue weighted by Crippen LogP contribution is 2.27. The number of carbonyl (C=O) groups excluding carboxylic acids is 1. The minimum absolute atomic E-state index is 0.101. The van der Waals surface area contributed by atoms with E-state index >= 15 is 0 Å². The van der Waals surface area contributed by atoms with E-state index in [1.165, 1.54) is 17.8 Å². The van der Waals surface area contributed by atoms with Crippen molar-refractivity contribution in [1.29, 1.82) is 0 Å². The highest BCUT2D eigenvalue weighted by atomic mass is 79.9. The second kappa shape index (κ2) is 6.21. The summed E-state index contributed by atoms with van der Waals surface area (Å²) < 4.78 is 0. The van der Waals surface area contributed by atoms with Gasteiger partial charge in [-0.3, -0.25) is 4.79 Å². The first-order valence-electron chi connectivity index (χ1n) is 5.80. The lowest BCUT2D eigenvalue weighted by molar-refractivity contribution is 0.0677. The van der Waals surface area contributed by atoms with Crippen molar-refractivity contribution >= 4 is 44.8 Å². The Morgan fingerprint density at radius 1 is 1.65 bits per heavy atom. The maximum absolute atomic E-state index is 12.3. The monoisotopic (exact) mass is 335 g/mol. The van der Waals surface area contributed by atoms with Crippen LogP contribution in [-0.2, 0) is 0 Å². The van der Waals surface area contributed by atoms with E-state index in [-0.39, 0.29) is 5.91 Å². The minimum Gasteiger partial charge on any atom is -0.338 e. The highest BCUT2D eigenvalue weighted by molar-refractivity contribution is 9.09. The Hall–Kier alpha value is -0.0600. The first-order chi connectivity index (χ1) is 8.22. The second-order valence-corrected chi connectivity index (χ2v) is 6.45.